The lowest BCUT2D eigenvalue weighted by Crippen LogP contribution is -2.36. The molecule has 2 aromatic rings. The number of para-hydroxylation sites is 1. The Hall–Kier alpha value is -2.69. The summed E-state index contributed by atoms with van der Waals surface area (Å²) in [5, 5.41) is 2.97. The average Bonchev–Trinajstić information content (AvgIpc) is 3.07. The first-order chi connectivity index (χ1) is 12.1. The second-order valence-corrected chi connectivity index (χ2v) is 6.23. The van der Waals surface area contributed by atoms with Gasteiger partial charge in [0, 0.05) is 6.42 Å². The second kappa shape index (κ2) is 7.92. The minimum Gasteiger partial charge on any atom is -0.491 e. The van der Waals surface area contributed by atoms with E-state index in [0.29, 0.717) is 19.4 Å². The highest BCUT2D eigenvalue weighted by molar-refractivity contribution is 5.76. The molecular weight excluding hydrogens is 318 g/mol. The van der Waals surface area contributed by atoms with Crippen molar-refractivity contribution in [3.8, 4) is 17.2 Å². The van der Waals surface area contributed by atoms with Crippen molar-refractivity contribution in [2.24, 2.45) is 0 Å². The van der Waals surface area contributed by atoms with Crippen LogP contribution in [0.1, 0.15) is 24.5 Å². The molecule has 1 atom stereocenters. The first kappa shape index (κ1) is 17.1. The lowest BCUT2D eigenvalue weighted by Gasteiger charge is -2.16. The number of ether oxygens (including phenoxy) is 3. The van der Waals surface area contributed by atoms with Crippen molar-refractivity contribution in [3.63, 3.8) is 0 Å². The Balaban J connectivity index is 1.42. The maximum Gasteiger partial charge on any atom is 0.231 e. The molecule has 1 aliphatic heterocycles. The standard InChI is InChI=1S/C20H23NO4/c1-14-5-3-4-6-17(14)23-12-15(2)21-20(22)10-8-16-7-9-18-19(11-16)25-13-24-18/h3-7,9,11,15H,8,10,12-13H2,1-2H3,(H,21,22)/t15-/m0/s1. The summed E-state index contributed by atoms with van der Waals surface area (Å²) < 4.78 is 16.4. The number of hydrogen-bond donors (Lipinski definition) is 1. The van der Waals surface area contributed by atoms with Gasteiger partial charge in [-0.1, -0.05) is 24.3 Å². The van der Waals surface area contributed by atoms with E-state index in [1.54, 1.807) is 0 Å². The fourth-order valence-corrected chi connectivity index (χ4v) is 2.68. The Kier molecular flexibility index (Phi) is 5.43. The van der Waals surface area contributed by atoms with Crippen LogP contribution in [0.25, 0.3) is 0 Å². The van der Waals surface area contributed by atoms with E-state index in [4.69, 9.17) is 14.2 Å². The number of carbonyl (C=O) groups excluding carboxylic acids is 1. The summed E-state index contributed by atoms with van der Waals surface area (Å²) in [5.74, 6) is 2.37. The molecule has 0 fully saturated rings. The molecule has 2 aromatic carbocycles. The van der Waals surface area contributed by atoms with Crippen LogP contribution < -0.4 is 19.5 Å². The third kappa shape index (κ3) is 4.66. The number of fused-ring (bicyclic) bond motifs is 1. The van der Waals surface area contributed by atoms with E-state index in [9.17, 15) is 4.79 Å². The molecule has 25 heavy (non-hydrogen) atoms. The van der Waals surface area contributed by atoms with Crippen molar-refractivity contribution in [2.45, 2.75) is 32.7 Å². The molecule has 0 radical (unpaired) electrons. The summed E-state index contributed by atoms with van der Waals surface area (Å²) in [6.07, 6.45) is 1.09. The maximum absolute atomic E-state index is 12.1. The van der Waals surface area contributed by atoms with E-state index < -0.39 is 0 Å². The van der Waals surface area contributed by atoms with Gasteiger partial charge in [-0.2, -0.15) is 0 Å². The van der Waals surface area contributed by atoms with E-state index in [0.717, 1.165) is 28.4 Å². The smallest absolute Gasteiger partial charge is 0.231 e. The molecule has 0 bridgehead atoms. The van der Waals surface area contributed by atoms with Gasteiger partial charge in [-0.3, -0.25) is 4.79 Å². The Morgan fingerprint density at radius 1 is 1.20 bits per heavy atom. The van der Waals surface area contributed by atoms with E-state index in [-0.39, 0.29) is 18.7 Å². The molecule has 0 spiro atoms. The van der Waals surface area contributed by atoms with Crippen LogP contribution in [0.4, 0.5) is 0 Å². The van der Waals surface area contributed by atoms with Crippen molar-refractivity contribution < 1.29 is 19.0 Å². The zero-order chi connectivity index (χ0) is 17.6. The van der Waals surface area contributed by atoms with Crippen molar-refractivity contribution in [1.29, 1.82) is 0 Å². The molecule has 3 rings (SSSR count). The van der Waals surface area contributed by atoms with Crippen LogP contribution in [0.2, 0.25) is 0 Å². The number of rotatable bonds is 7. The van der Waals surface area contributed by atoms with Gasteiger partial charge in [-0.15, -0.1) is 0 Å². The molecule has 0 saturated heterocycles. The predicted molar refractivity (Wildman–Crippen MR) is 95.2 cm³/mol. The first-order valence-corrected chi connectivity index (χ1v) is 8.48. The lowest BCUT2D eigenvalue weighted by atomic mass is 10.1. The number of benzene rings is 2. The van der Waals surface area contributed by atoms with Gasteiger partial charge in [0.25, 0.3) is 0 Å². The average molecular weight is 341 g/mol. The summed E-state index contributed by atoms with van der Waals surface area (Å²) in [6.45, 7) is 4.65. The quantitative estimate of drug-likeness (QED) is 0.840. The third-order valence-electron chi connectivity index (χ3n) is 4.07. The zero-order valence-corrected chi connectivity index (χ0v) is 14.6. The van der Waals surface area contributed by atoms with Crippen LogP contribution >= 0.6 is 0 Å². The first-order valence-electron chi connectivity index (χ1n) is 8.48. The Labute approximate surface area is 147 Å². The van der Waals surface area contributed by atoms with Gasteiger partial charge in [0.1, 0.15) is 12.4 Å². The molecule has 1 N–H and O–H groups in total. The number of aryl methyl sites for hydroxylation is 2. The Bertz CT molecular complexity index is 744. The maximum atomic E-state index is 12.1. The van der Waals surface area contributed by atoms with Gasteiger partial charge in [0.2, 0.25) is 12.7 Å². The van der Waals surface area contributed by atoms with E-state index in [1.807, 2.05) is 56.3 Å². The van der Waals surface area contributed by atoms with Crippen LogP contribution in [0.5, 0.6) is 17.2 Å². The van der Waals surface area contributed by atoms with Crippen molar-refractivity contribution >= 4 is 5.91 Å². The Morgan fingerprint density at radius 2 is 2.00 bits per heavy atom. The molecule has 1 heterocycles. The summed E-state index contributed by atoms with van der Waals surface area (Å²) in [5.41, 5.74) is 2.15. The third-order valence-corrected chi connectivity index (χ3v) is 4.07. The number of nitrogens with one attached hydrogen (secondary N) is 1. The molecule has 132 valence electrons. The van der Waals surface area contributed by atoms with Gasteiger partial charge in [0.05, 0.1) is 6.04 Å². The molecule has 1 aliphatic rings. The van der Waals surface area contributed by atoms with Crippen LogP contribution in [0, 0.1) is 6.92 Å². The number of hydrogen-bond acceptors (Lipinski definition) is 4. The molecule has 0 unspecified atom stereocenters. The summed E-state index contributed by atoms with van der Waals surface area (Å²) in [4.78, 5) is 12.1. The van der Waals surface area contributed by atoms with Crippen molar-refractivity contribution in [2.75, 3.05) is 13.4 Å². The minimum absolute atomic E-state index is 0.0125. The highest BCUT2D eigenvalue weighted by Gasteiger charge is 2.14. The largest absolute Gasteiger partial charge is 0.491 e. The molecule has 0 saturated carbocycles. The van der Waals surface area contributed by atoms with Crippen LogP contribution in [-0.2, 0) is 11.2 Å². The monoisotopic (exact) mass is 341 g/mol. The van der Waals surface area contributed by atoms with E-state index in [2.05, 4.69) is 5.32 Å². The highest BCUT2D eigenvalue weighted by atomic mass is 16.7. The second-order valence-electron chi connectivity index (χ2n) is 6.23. The van der Waals surface area contributed by atoms with Gasteiger partial charge in [-0.05, 0) is 49.6 Å². The van der Waals surface area contributed by atoms with Gasteiger partial charge < -0.3 is 19.5 Å². The molecule has 1 amide bonds. The lowest BCUT2D eigenvalue weighted by molar-refractivity contribution is -0.121. The molecule has 5 heteroatoms. The SMILES string of the molecule is Cc1ccccc1OC[C@H](C)NC(=O)CCc1ccc2c(c1)OCO2. The van der Waals surface area contributed by atoms with Gasteiger partial charge >= 0.3 is 0 Å². The summed E-state index contributed by atoms with van der Waals surface area (Å²) in [7, 11) is 0. The fourth-order valence-electron chi connectivity index (χ4n) is 2.68. The molecular formula is C20H23NO4. The van der Waals surface area contributed by atoms with E-state index in [1.165, 1.54) is 0 Å². The number of amides is 1. The van der Waals surface area contributed by atoms with Crippen LogP contribution in [0.15, 0.2) is 42.5 Å². The number of carbonyl (C=O) groups is 1. The predicted octanol–water partition coefficient (Wildman–Crippen LogP) is 3.24. The summed E-state index contributed by atoms with van der Waals surface area (Å²) in [6, 6.07) is 13.6. The van der Waals surface area contributed by atoms with E-state index >= 15 is 0 Å². The van der Waals surface area contributed by atoms with Gasteiger partial charge in [0.15, 0.2) is 11.5 Å². The zero-order valence-electron chi connectivity index (χ0n) is 14.6. The fraction of sp³-hybridized carbons (Fsp3) is 0.350. The summed E-state index contributed by atoms with van der Waals surface area (Å²) >= 11 is 0. The van der Waals surface area contributed by atoms with Gasteiger partial charge in [-0.25, -0.2) is 0 Å². The minimum atomic E-state index is -0.0520. The Morgan fingerprint density at radius 3 is 2.84 bits per heavy atom. The van der Waals surface area contributed by atoms with Crippen molar-refractivity contribution in [1.82, 2.24) is 5.32 Å². The van der Waals surface area contributed by atoms with Crippen LogP contribution in [-0.4, -0.2) is 25.3 Å². The topological polar surface area (TPSA) is 56.8 Å². The molecule has 0 aromatic heterocycles. The molecule has 5 nitrogen and oxygen atoms in total. The van der Waals surface area contributed by atoms with Crippen LogP contribution in [0.3, 0.4) is 0 Å². The highest BCUT2D eigenvalue weighted by Crippen LogP contribution is 2.32. The molecule has 0 aliphatic carbocycles. The normalized spacial score (nSPS) is 13.4. The van der Waals surface area contributed by atoms with Crippen molar-refractivity contribution in [3.05, 3.63) is 53.6 Å².